The summed E-state index contributed by atoms with van der Waals surface area (Å²) in [6, 6.07) is 4.10. The largest absolute Gasteiger partial charge is 0.377 e. The summed E-state index contributed by atoms with van der Waals surface area (Å²) < 4.78 is 46.2. The van der Waals surface area contributed by atoms with Crippen LogP contribution in [0.4, 0.5) is 4.39 Å². The van der Waals surface area contributed by atoms with E-state index in [0.717, 1.165) is 19.3 Å². The molecule has 1 atom stereocenters. The number of hydrogen-bond donors (Lipinski definition) is 2. The van der Waals surface area contributed by atoms with Crippen molar-refractivity contribution in [1.29, 1.82) is 0 Å². The maximum atomic E-state index is 13.8. The van der Waals surface area contributed by atoms with E-state index < -0.39 is 15.8 Å². The maximum Gasteiger partial charge on any atom is 0.243 e. The molecule has 0 saturated carbocycles. The number of ether oxygens (including phenoxy) is 1. The highest BCUT2D eigenvalue weighted by atomic mass is 32.2. The van der Waals surface area contributed by atoms with E-state index in [-0.39, 0.29) is 17.5 Å². The van der Waals surface area contributed by atoms with Crippen LogP contribution in [0.15, 0.2) is 23.1 Å². The molecule has 2 N–H and O–H groups in total. The van der Waals surface area contributed by atoms with Crippen molar-refractivity contribution in [3.63, 3.8) is 0 Å². The SMILES string of the molecule is CNCc1ccc(F)c(S(=O)(=O)NCC2CCCCO2)c1. The van der Waals surface area contributed by atoms with E-state index in [1.54, 1.807) is 13.1 Å². The Morgan fingerprint density at radius 1 is 1.38 bits per heavy atom. The van der Waals surface area contributed by atoms with Gasteiger partial charge in [-0.05, 0) is 44.0 Å². The molecule has 1 unspecified atom stereocenters. The fraction of sp³-hybridized carbons (Fsp3) is 0.571. The molecule has 0 aromatic heterocycles. The molecule has 1 aromatic carbocycles. The van der Waals surface area contributed by atoms with Crippen molar-refractivity contribution < 1.29 is 17.5 Å². The zero-order valence-corrected chi connectivity index (χ0v) is 12.9. The lowest BCUT2D eigenvalue weighted by Crippen LogP contribution is -2.35. The van der Waals surface area contributed by atoms with Crippen molar-refractivity contribution in [2.75, 3.05) is 20.2 Å². The summed E-state index contributed by atoms with van der Waals surface area (Å²) in [5.41, 5.74) is 0.716. The van der Waals surface area contributed by atoms with Crippen LogP contribution in [0.2, 0.25) is 0 Å². The minimum absolute atomic E-state index is 0.128. The molecule has 1 aliphatic heterocycles. The maximum absolute atomic E-state index is 13.8. The Bertz CT molecular complexity index is 572. The van der Waals surface area contributed by atoms with Gasteiger partial charge in [-0.15, -0.1) is 0 Å². The number of hydrogen-bond acceptors (Lipinski definition) is 4. The lowest BCUT2D eigenvalue weighted by molar-refractivity contribution is 0.0200. The van der Waals surface area contributed by atoms with Crippen molar-refractivity contribution in [1.82, 2.24) is 10.0 Å². The standard InChI is InChI=1S/C14H21FN2O3S/c1-16-9-11-5-6-13(15)14(8-11)21(18,19)17-10-12-4-2-3-7-20-12/h5-6,8,12,16-17H,2-4,7,9-10H2,1H3. The molecule has 1 saturated heterocycles. The van der Waals surface area contributed by atoms with E-state index in [2.05, 4.69) is 10.0 Å². The van der Waals surface area contributed by atoms with Gasteiger partial charge in [-0.3, -0.25) is 0 Å². The molecule has 21 heavy (non-hydrogen) atoms. The molecule has 0 spiro atoms. The summed E-state index contributed by atoms with van der Waals surface area (Å²) in [7, 11) is -2.12. The van der Waals surface area contributed by atoms with Crippen LogP contribution in [0, 0.1) is 5.82 Å². The van der Waals surface area contributed by atoms with E-state index in [1.807, 2.05) is 0 Å². The summed E-state index contributed by atoms with van der Waals surface area (Å²) in [5, 5.41) is 2.91. The molecule has 0 amide bonds. The first-order chi connectivity index (χ1) is 10.0. The fourth-order valence-electron chi connectivity index (χ4n) is 2.32. The van der Waals surface area contributed by atoms with Gasteiger partial charge in [-0.2, -0.15) is 0 Å². The second kappa shape index (κ2) is 7.31. The molecular formula is C14H21FN2O3S. The molecule has 2 rings (SSSR count). The third kappa shape index (κ3) is 4.47. The molecular weight excluding hydrogens is 295 g/mol. The predicted molar refractivity (Wildman–Crippen MR) is 77.9 cm³/mol. The van der Waals surface area contributed by atoms with Crippen molar-refractivity contribution in [3.8, 4) is 0 Å². The average molecular weight is 316 g/mol. The zero-order valence-electron chi connectivity index (χ0n) is 12.1. The van der Waals surface area contributed by atoms with Gasteiger partial charge in [0.2, 0.25) is 10.0 Å². The normalized spacial score (nSPS) is 19.6. The highest BCUT2D eigenvalue weighted by molar-refractivity contribution is 7.89. The molecule has 7 heteroatoms. The van der Waals surface area contributed by atoms with Crippen LogP contribution >= 0.6 is 0 Å². The van der Waals surface area contributed by atoms with Crippen molar-refractivity contribution in [2.24, 2.45) is 0 Å². The Morgan fingerprint density at radius 2 is 2.19 bits per heavy atom. The van der Waals surface area contributed by atoms with Gasteiger partial charge >= 0.3 is 0 Å². The highest BCUT2D eigenvalue weighted by Crippen LogP contribution is 2.17. The predicted octanol–water partition coefficient (Wildman–Crippen LogP) is 1.39. The molecule has 0 aliphatic carbocycles. The number of nitrogens with one attached hydrogen (secondary N) is 2. The molecule has 5 nitrogen and oxygen atoms in total. The van der Waals surface area contributed by atoms with Crippen LogP contribution in [0.5, 0.6) is 0 Å². The summed E-state index contributed by atoms with van der Waals surface area (Å²) in [6.07, 6.45) is 2.73. The minimum atomic E-state index is -3.86. The number of sulfonamides is 1. The molecule has 1 fully saturated rings. The Balaban J connectivity index is 2.08. The zero-order chi connectivity index (χ0) is 15.3. The van der Waals surface area contributed by atoms with Gasteiger partial charge < -0.3 is 10.1 Å². The van der Waals surface area contributed by atoms with Crippen LogP contribution in [-0.4, -0.2) is 34.7 Å². The van der Waals surface area contributed by atoms with E-state index in [9.17, 15) is 12.8 Å². The highest BCUT2D eigenvalue weighted by Gasteiger charge is 2.22. The second-order valence-corrected chi connectivity index (χ2v) is 6.87. The fourth-order valence-corrected chi connectivity index (χ4v) is 3.51. The first kappa shape index (κ1) is 16.4. The summed E-state index contributed by atoms with van der Waals surface area (Å²) in [4.78, 5) is -0.314. The second-order valence-electron chi connectivity index (χ2n) is 5.14. The van der Waals surface area contributed by atoms with Gasteiger partial charge in [0, 0.05) is 19.7 Å². The van der Waals surface area contributed by atoms with Crippen molar-refractivity contribution in [2.45, 2.75) is 36.8 Å². The lowest BCUT2D eigenvalue weighted by Gasteiger charge is -2.22. The van der Waals surface area contributed by atoms with E-state index in [0.29, 0.717) is 18.7 Å². The average Bonchev–Trinajstić information content (AvgIpc) is 2.48. The van der Waals surface area contributed by atoms with Gasteiger partial charge in [-0.1, -0.05) is 6.07 Å². The molecule has 1 aliphatic rings. The van der Waals surface area contributed by atoms with Gasteiger partial charge in [0.1, 0.15) is 10.7 Å². The Labute approximate surface area is 124 Å². The van der Waals surface area contributed by atoms with Crippen LogP contribution in [-0.2, 0) is 21.3 Å². The summed E-state index contributed by atoms with van der Waals surface area (Å²) in [6.45, 7) is 1.31. The van der Waals surface area contributed by atoms with Crippen molar-refractivity contribution >= 4 is 10.0 Å². The smallest absolute Gasteiger partial charge is 0.243 e. The first-order valence-electron chi connectivity index (χ1n) is 7.07. The van der Waals surface area contributed by atoms with E-state index in [1.165, 1.54) is 12.1 Å². The van der Waals surface area contributed by atoms with Gasteiger partial charge in [0.25, 0.3) is 0 Å². The molecule has 1 aromatic rings. The lowest BCUT2D eigenvalue weighted by atomic mass is 10.1. The molecule has 1 heterocycles. The van der Waals surface area contributed by atoms with Gasteiger partial charge in [-0.25, -0.2) is 17.5 Å². The monoisotopic (exact) mass is 316 g/mol. The van der Waals surface area contributed by atoms with Gasteiger partial charge in [0.05, 0.1) is 6.10 Å². The van der Waals surface area contributed by atoms with Crippen LogP contribution in [0.3, 0.4) is 0 Å². The number of rotatable bonds is 6. The Morgan fingerprint density at radius 3 is 2.86 bits per heavy atom. The van der Waals surface area contributed by atoms with Crippen LogP contribution in [0.25, 0.3) is 0 Å². The summed E-state index contributed by atoms with van der Waals surface area (Å²) >= 11 is 0. The van der Waals surface area contributed by atoms with Gasteiger partial charge in [0.15, 0.2) is 0 Å². The third-order valence-electron chi connectivity index (χ3n) is 3.44. The molecule has 0 radical (unpaired) electrons. The third-order valence-corrected chi connectivity index (χ3v) is 4.88. The quantitative estimate of drug-likeness (QED) is 0.832. The Kier molecular flexibility index (Phi) is 5.69. The topological polar surface area (TPSA) is 67.4 Å². The van der Waals surface area contributed by atoms with E-state index >= 15 is 0 Å². The Hall–Kier alpha value is -1.02. The molecule has 118 valence electrons. The van der Waals surface area contributed by atoms with Crippen LogP contribution < -0.4 is 10.0 Å². The van der Waals surface area contributed by atoms with E-state index in [4.69, 9.17) is 4.74 Å². The summed E-state index contributed by atoms with van der Waals surface area (Å²) in [5.74, 6) is -0.744. The first-order valence-corrected chi connectivity index (χ1v) is 8.55. The van der Waals surface area contributed by atoms with Crippen molar-refractivity contribution in [3.05, 3.63) is 29.6 Å². The van der Waals surface area contributed by atoms with Crippen LogP contribution in [0.1, 0.15) is 24.8 Å². The molecule has 0 bridgehead atoms. The number of halogens is 1. The number of benzene rings is 1. The minimum Gasteiger partial charge on any atom is -0.377 e.